The average Bonchev–Trinajstić information content (AvgIpc) is 2.35. The molecular weight excluding hydrogens is 268 g/mol. The number of nitrogens with one attached hydrogen (secondary N) is 2. The number of ketones is 1. The monoisotopic (exact) mass is 286 g/mol. The summed E-state index contributed by atoms with van der Waals surface area (Å²) < 4.78 is 4.85. The number of carbonyl (C=O) groups excluding carboxylic acids is 2. The van der Waals surface area contributed by atoms with Crippen LogP contribution < -0.4 is 10.6 Å². The highest BCUT2D eigenvalue weighted by Gasteiger charge is 2.04. The predicted octanol–water partition coefficient (Wildman–Crippen LogP) is 1.49. The number of benzene rings is 1. The van der Waals surface area contributed by atoms with Crippen LogP contribution in [0.25, 0.3) is 0 Å². The van der Waals surface area contributed by atoms with E-state index in [4.69, 9.17) is 4.74 Å². The van der Waals surface area contributed by atoms with Crippen molar-refractivity contribution in [3.8, 4) is 0 Å². The molecule has 2 N–H and O–H groups in total. The average molecular weight is 287 g/mol. The molecule has 1 amide bonds. The number of hydrogen-bond donors (Lipinski definition) is 2. The topological polar surface area (TPSA) is 67.4 Å². The summed E-state index contributed by atoms with van der Waals surface area (Å²) in [7, 11) is 1.61. The van der Waals surface area contributed by atoms with Crippen LogP contribution >= 0.6 is 12.4 Å². The first kappa shape index (κ1) is 17.6. The molecule has 0 radical (unpaired) electrons. The number of halogens is 1. The van der Waals surface area contributed by atoms with Gasteiger partial charge in [0.1, 0.15) is 0 Å². The lowest BCUT2D eigenvalue weighted by atomic mass is 10.1. The minimum Gasteiger partial charge on any atom is -0.383 e. The third-order valence-corrected chi connectivity index (χ3v) is 2.32. The van der Waals surface area contributed by atoms with Crippen molar-refractivity contribution in [1.82, 2.24) is 5.32 Å². The molecule has 1 rings (SSSR count). The maximum Gasteiger partial charge on any atom is 0.238 e. The Labute approximate surface area is 119 Å². The first-order valence-electron chi connectivity index (χ1n) is 5.74. The summed E-state index contributed by atoms with van der Waals surface area (Å²) in [6, 6.07) is 6.87. The molecule has 0 saturated carbocycles. The molecule has 6 heteroatoms. The summed E-state index contributed by atoms with van der Waals surface area (Å²) in [5.74, 6) is -0.170. The van der Waals surface area contributed by atoms with E-state index in [1.807, 2.05) is 0 Å². The summed E-state index contributed by atoms with van der Waals surface area (Å²) in [5, 5.41) is 5.66. The van der Waals surface area contributed by atoms with Crippen molar-refractivity contribution in [2.75, 3.05) is 32.1 Å². The molecule has 0 heterocycles. The minimum atomic E-state index is -0.146. The molecule has 0 unspecified atom stereocenters. The number of anilines is 1. The molecule has 1 aromatic rings. The van der Waals surface area contributed by atoms with Gasteiger partial charge in [-0.25, -0.2) is 0 Å². The van der Waals surface area contributed by atoms with E-state index < -0.39 is 0 Å². The SMILES string of the molecule is COCCNCC(=O)Nc1cccc(C(C)=O)c1.Cl. The van der Waals surface area contributed by atoms with Crippen LogP contribution in [-0.2, 0) is 9.53 Å². The van der Waals surface area contributed by atoms with Crippen LogP contribution in [0.1, 0.15) is 17.3 Å². The smallest absolute Gasteiger partial charge is 0.238 e. The molecule has 0 aliphatic rings. The number of hydrogen-bond acceptors (Lipinski definition) is 4. The van der Waals surface area contributed by atoms with Gasteiger partial charge in [-0.1, -0.05) is 12.1 Å². The minimum absolute atomic E-state index is 0. The first-order valence-corrected chi connectivity index (χ1v) is 5.74. The van der Waals surface area contributed by atoms with E-state index in [9.17, 15) is 9.59 Å². The number of rotatable bonds is 7. The molecule has 0 bridgehead atoms. The van der Waals surface area contributed by atoms with E-state index in [2.05, 4.69) is 10.6 Å². The van der Waals surface area contributed by atoms with E-state index in [0.717, 1.165) is 0 Å². The summed E-state index contributed by atoms with van der Waals surface area (Å²) in [6.45, 7) is 2.89. The highest BCUT2D eigenvalue weighted by atomic mass is 35.5. The van der Waals surface area contributed by atoms with E-state index in [0.29, 0.717) is 24.4 Å². The van der Waals surface area contributed by atoms with Crippen molar-refractivity contribution in [2.24, 2.45) is 0 Å². The van der Waals surface area contributed by atoms with Crippen molar-refractivity contribution in [3.05, 3.63) is 29.8 Å². The zero-order valence-corrected chi connectivity index (χ0v) is 11.9. The lowest BCUT2D eigenvalue weighted by Crippen LogP contribution is -2.30. The first-order chi connectivity index (χ1) is 8.63. The molecule has 0 atom stereocenters. The second-order valence-electron chi connectivity index (χ2n) is 3.85. The van der Waals surface area contributed by atoms with Crippen LogP contribution in [0.4, 0.5) is 5.69 Å². The van der Waals surface area contributed by atoms with Gasteiger partial charge in [-0.05, 0) is 19.1 Å². The van der Waals surface area contributed by atoms with Gasteiger partial charge in [-0.3, -0.25) is 9.59 Å². The molecule has 0 aromatic heterocycles. The summed E-state index contributed by atoms with van der Waals surface area (Å²) in [4.78, 5) is 22.7. The Morgan fingerprint density at radius 1 is 1.32 bits per heavy atom. The molecule has 5 nitrogen and oxygen atoms in total. The molecule has 1 aromatic carbocycles. The molecule has 106 valence electrons. The highest BCUT2D eigenvalue weighted by molar-refractivity contribution is 5.97. The Morgan fingerprint density at radius 2 is 2.05 bits per heavy atom. The van der Waals surface area contributed by atoms with Crippen molar-refractivity contribution < 1.29 is 14.3 Å². The van der Waals surface area contributed by atoms with Crippen molar-refractivity contribution in [2.45, 2.75) is 6.92 Å². The number of ether oxygens (including phenoxy) is 1. The van der Waals surface area contributed by atoms with Gasteiger partial charge in [0.15, 0.2) is 5.78 Å². The van der Waals surface area contributed by atoms with Crippen LogP contribution in [0, 0.1) is 0 Å². The second-order valence-corrected chi connectivity index (χ2v) is 3.85. The maximum absolute atomic E-state index is 11.6. The van der Waals surface area contributed by atoms with Gasteiger partial charge in [0, 0.05) is 24.9 Å². The van der Waals surface area contributed by atoms with Gasteiger partial charge in [-0.2, -0.15) is 0 Å². The van der Waals surface area contributed by atoms with Crippen molar-refractivity contribution >= 4 is 29.8 Å². The number of Topliss-reactive ketones (excluding diaryl/α,β-unsaturated/α-hetero) is 1. The normalized spacial score (nSPS) is 9.58. The van der Waals surface area contributed by atoms with E-state index in [1.165, 1.54) is 6.92 Å². The third kappa shape index (κ3) is 6.91. The fourth-order valence-corrected chi connectivity index (χ4v) is 1.40. The van der Waals surface area contributed by atoms with Crippen LogP contribution in [0.5, 0.6) is 0 Å². The van der Waals surface area contributed by atoms with Gasteiger partial charge in [0.05, 0.1) is 13.2 Å². The lowest BCUT2D eigenvalue weighted by Gasteiger charge is -2.07. The van der Waals surface area contributed by atoms with Gasteiger partial charge in [-0.15, -0.1) is 12.4 Å². The summed E-state index contributed by atoms with van der Waals surface area (Å²) in [6.07, 6.45) is 0. The van der Waals surface area contributed by atoms with Crippen LogP contribution in [0.2, 0.25) is 0 Å². The second kappa shape index (κ2) is 9.49. The molecule has 0 aliphatic heterocycles. The quantitative estimate of drug-likeness (QED) is 0.589. The largest absolute Gasteiger partial charge is 0.383 e. The number of methoxy groups -OCH3 is 1. The van der Waals surface area contributed by atoms with Gasteiger partial charge >= 0.3 is 0 Å². The zero-order valence-electron chi connectivity index (χ0n) is 11.1. The van der Waals surface area contributed by atoms with Gasteiger partial charge < -0.3 is 15.4 Å². The van der Waals surface area contributed by atoms with Crippen molar-refractivity contribution in [1.29, 1.82) is 0 Å². The molecule has 0 spiro atoms. The number of carbonyl (C=O) groups is 2. The number of amides is 1. The van der Waals surface area contributed by atoms with E-state index in [1.54, 1.807) is 31.4 Å². The molecular formula is C13H19ClN2O3. The Balaban J connectivity index is 0.00000324. The Morgan fingerprint density at radius 3 is 2.68 bits per heavy atom. The van der Waals surface area contributed by atoms with Crippen LogP contribution in [0.3, 0.4) is 0 Å². The summed E-state index contributed by atoms with van der Waals surface area (Å²) in [5.41, 5.74) is 1.21. The Kier molecular flexibility index (Phi) is 8.78. The molecule has 0 aliphatic carbocycles. The predicted molar refractivity (Wildman–Crippen MR) is 77.1 cm³/mol. The zero-order chi connectivity index (χ0) is 13.4. The van der Waals surface area contributed by atoms with E-state index in [-0.39, 0.29) is 30.6 Å². The fraction of sp³-hybridized carbons (Fsp3) is 0.385. The third-order valence-electron chi connectivity index (χ3n) is 2.32. The Hall–Kier alpha value is -1.43. The Bertz CT molecular complexity index is 424. The molecule has 19 heavy (non-hydrogen) atoms. The maximum atomic E-state index is 11.6. The van der Waals surface area contributed by atoms with Gasteiger partial charge in [0.2, 0.25) is 5.91 Å². The van der Waals surface area contributed by atoms with Crippen LogP contribution in [0.15, 0.2) is 24.3 Å². The summed E-state index contributed by atoms with van der Waals surface area (Å²) >= 11 is 0. The van der Waals surface area contributed by atoms with E-state index >= 15 is 0 Å². The van der Waals surface area contributed by atoms with Crippen LogP contribution in [-0.4, -0.2) is 38.5 Å². The molecule has 0 fully saturated rings. The van der Waals surface area contributed by atoms with Crippen molar-refractivity contribution in [3.63, 3.8) is 0 Å². The lowest BCUT2D eigenvalue weighted by molar-refractivity contribution is -0.115. The fourth-order valence-electron chi connectivity index (χ4n) is 1.40. The molecule has 0 saturated heterocycles. The van der Waals surface area contributed by atoms with Gasteiger partial charge in [0.25, 0.3) is 0 Å². The highest BCUT2D eigenvalue weighted by Crippen LogP contribution is 2.10. The standard InChI is InChI=1S/C13H18N2O3.ClH/c1-10(16)11-4-3-5-12(8-11)15-13(17)9-14-6-7-18-2;/h3-5,8,14H,6-7,9H2,1-2H3,(H,15,17);1H.